The van der Waals surface area contributed by atoms with E-state index in [2.05, 4.69) is 29.0 Å². The van der Waals surface area contributed by atoms with Crippen LogP contribution in [0.15, 0.2) is 0 Å². The van der Waals surface area contributed by atoms with Gasteiger partial charge in [0.2, 0.25) is 0 Å². The van der Waals surface area contributed by atoms with Crippen molar-refractivity contribution in [2.24, 2.45) is 5.73 Å². The lowest BCUT2D eigenvalue weighted by molar-refractivity contribution is 0.388. The van der Waals surface area contributed by atoms with Crippen LogP contribution in [-0.4, -0.2) is 15.2 Å². The second-order valence-corrected chi connectivity index (χ2v) is 3.32. The van der Waals surface area contributed by atoms with Gasteiger partial charge in [0, 0.05) is 6.42 Å². The Balaban J connectivity index is 2.91. The molecule has 0 fully saturated rings. The van der Waals surface area contributed by atoms with Crippen molar-refractivity contribution in [3.05, 3.63) is 11.6 Å². The van der Waals surface area contributed by atoms with E-state index in [1.54, 1.807) is 0 Å². The topological polar surface area (TPSA) is 67.6 Å². The predicted molar refractivity (Wildman–Crippen MR) is 52.2 cm³/mol. The first-order valence-electron chi connectivity index (χ1n) is 4.87. The number of hydrogen-bond acceptors (Lipinski definition) is 3. The van der Waals surface area contributed by atoms with E-state index in [9.17, 15) is 0 Å². The van der Waals surface area contributed by atoms with Crippen LogP contribution in [0.2, 0.25) is 0 Å². The summed E-state index contributed by atoms with van der Waals surface area (Å²) in [5.74, 6) is 1.65. The first kappa shape index (κ1) is 10.2. The third kappa shape index (κ3) is 1.88. The summed E-state index contributed by atoms with van der Waals surface area (Å²) in [7, 11) is 0. The average Bonchev–Trinajstić information content (AvgIpc) is 2.65. The average molecular weight is 182 g/mol. The molecule has 0 saturated heterocycles. The SMILES string of the molecule is CCc1nc(C(N)(CC)CC)n[nH]1. The van der Waals surface area contributed by atoms with Gasteiger partial charge in [-0.05, 0) is 12.8 Å². The van der Waals surface area contributed by atoms with Crippen molar-refractivity contribution in [3.63, 3.8) is 0 Å². The van der Waals surface area contributed by atoms with Gasteiger partial charge in [0.05, 0.1) is 5.54 Å². The monoisotopic (exact) mass is 182 g/mol. The summed E-state index contributed by atoms with van der Waals surface area (Å²) >= 11 is 0. The van der Waals surface area contributed by atoms with Crippen LogP contribution >= 0.6 is 0 Å². The fraction of sp³-hybridized carbons (Fsp3) is 0.778. The number of H-pyrrole nitrogens is 1. The molecular formula is C9H18N4. The molecule has 0 aliphatic heterocycles. The van der Waals surface area contributed by atoms with E-state index < -0.39 is 0 Å². The third-order valence-electron chi connectivity index (χ3n) is 2.57. The van der Waals surface area contributed by atoms with Gasteiger partial charge in [-0.2, -0.15) is 5.10 Å². The molecule has 13 heavy (non-hydrogen) atoms. The van der Waals surface area contributed by atoms with Gasteiger partial charge < -0.3 is 5.73 Å². The standard InChI is InChI=1S/C9H18N4/c1-4-7-11-8(13-12-7)9(10,5-2)6-3/h4-6,10H2,1-3H3,(H,11,12,13). The van der Waals surface area contributed by atoms with Crippen LogP contribution in [0.4, 0.5) is 0 Å². The van der Waals surface area contributed by atoms with Gasteiger partial charge in [-0.15, -0.1) is 0 Å². The van der Waals surface area contributed by atoms with Crippen LogP contribution in [0, 0.1) is 0 Å². The molecule has 0 unspecified atom stereocenters. The Bertz CT molecular complexity index is 262. The number of hydrogen-bond donors (Lipinski definition) is 2. The summed E-state index contributed by atoms with van der Waals surface area (Å²) in [4.78, 5) is 4.35. The minimum Gasteiger partial charge on any atom is -0.319 e. The van der Waals surface area contributed by atoms with Crippen molar-refractivity contribution in [1.82, 2.24) is 15.2 Å². The highest BCUT2D eigenvalue weighted by Gasteiger charge is 2.27. The van der Waals surface area contributed by atoms with E-state index >= 15 is 0 Å². The maximum absolute atomic E-state index is 6.14. The van der Waals surface area contributed by atoms with Crippen LogP contribution in [0.3, 0.4) is 0 Å². The molecule has 0 aliphatic carbocycles. The Labute approximate surface area is 78.9 Å². The van der Waals surface area contributed by atoms with Crippen molar-refractivity contribution >= 4 is 0 Å². The largest absolute Gasteiger partial charge is 0.319 e. The molecule has 1 aromatic heterocycles. The van der Waals surface area contributed by atoms with Crippen LogP contribution in [0.5, 0.6) is 0 Å². The number of rotatable bonds is 4. The Kier molecular flexibility index (Phi) is 3.03. The zero-order valence-corrected chi connectivity index (χ0v) is 8.59. The van der Waals surface area contributed by atoms with Crippen molar-refractivity contribution in [3.8, 4) is 0 Å². The summed E-state index contributed by atoms with van der Waals surface area (Å²) in [5.41, 5.74) is 5.78. The Morgan fingerprint density at radius 1 is 1.31 bits per heavy atom. The van der Waals surface area contributed by atoms with E-state index in [0.29, 0.717) is 0 Å². The molecule has 0 bridgehead atoms. The van der Waals surface area contributed by atoms with E-state index in [0.717, 1.165) is 30.9 Å². The Hall–Kier alpha value is -0.900. The van der Waals surface area contributed by atoms with Crippen molar-refractivity contribution in [2.75, 3.05) is 0 Å². The molecule has 1 heterocycles. The molecule has 0 amide bonds. The number of nitrogens with one attached hydrogen (secondary N) is 1. The molecule has 1 aromatic rings. The fourth-order valence-electron chi connectivity index (χ4n) is 1.24. The number of nitrogens with two attached hydrogens (primary N) is 1. The summed E-state index contributed by atoms with van der Waals surface area (Å²) in [6.07, 6.45) is 2.60. The summed E-state index contributed by atoms with van der Waals surface area (Å²) in [5, 5.41) is 7.03. The molecule has 3 N–H and O–H groups in total. The second-order valence-electron chi connectivity index (χ2n) is 3.32. The van der Waals surface area contributed by atoms with Crippen molar-refractivity contribution in [2.45, 2.75) is 45.6 Å². The lowest BCUT2D eigenvalue weighted by Gasteiger charge is -2.22. The van der Waals surface area contributed by atoms with E-state index in [1.165, 1.54) is 0 Å². The highest BCUT2D eigenvalue weighted by Crippen LogP contribution is 2.21. The maximum Gasteiger partial charge on any atom is 0.170 e. The van der Waals surface area contributed by atoms with Gasteiger partial charge in [0.15, 0.2) is 5.82 Å². The molecule has 0 atom stereocenters. The smallest absolute Gasteiger partial charge is 0.170 e. The zero-order chi connectivity index (χ0) is 9.90. The second kappa shape index (κ2) is 3.87. The Morgan fingerprint density at radius 3 is 2.31 bits per heavy atom. The first-order valence-corrected chi connectivity index (χ1v) is 4.87. The summed E-state index contributed by atoms with van der Waals surface area (Å²) in [6, 6.07) is 0. The predicted octanol–water partition coefficient (Wildman–Crippen LogP) is 1.34. The molecule has 0 aliphatic rings. The lowest BCUT2D eigenvalue weighted by Crippen LogP contribution is -2.36. The zero-order valence-electron chi connectivity index (χ0n) is 8.59. The number of aromatic amines is 1. The lowest BCUT2D eigenvalue weighted by atomic mass is 9.93. The molecular weight excluding hydrogens is 164 g/mol. The minimum absolute atomic E-state index is 0.357. The normalized spacial score (nSPS) is 12.0. The molecule has 4 nitrogen and oxygen atoms in total. The van der Waals surface area contributed by atoms with Gasteiger partial charge in [0.1, 0.15) is 5.82 Å². The van der Waals surface area contributed by atoms with Gasteiger partial charge >= 0.3 is 0 Å². The molecule has 0 saturated carbocycles. The summed E-state index contributed by atoms with van der Waals surface area (Å²) < 4.78 is 0. The van der Waals surface area contributed by atoms with Gasteiger partial charge in [-0.1, -0.05) is 20.8 Å². The molecule has 0 spiro atoms. The van der Waals surface area contributed by atoms with E-state index in [4.69, 9.17) is 5.73 Å². The van der Waals surface area contributed by atoms with Crippen molar-refractivity contribution in [1.29, 1.82) is 0 Å². The van der Waals surface area contributed by atoms with Crippen LogP contribution in [0.25, 0.3) is 0 Å². The maximum atomic E-state index is 6.14. The Morgan fingerprint density at radius 2 is 1.92 bits per heavy atom. The van der Waals surface area contributed by atoms with Crippen LogP contribution in [0.1, 0.15) is 45.3 Å². The molecule has 0 aromatic carbocycles. The quantitative estimate of drug-likeness (QED) is 0.738. The molecule has 1 rings (SSSR count). The third-order valence-corrected chi connectivity index (χ3v) is 2.57. The first-order chi connectivity index (χ1) is 6.16. The highest BCUT2D eigenvalue weighted by atomic mass is 15.2. The van der Waals surface area contributed by atoms with Crippen LogP contribution < -0.4 is 5.73 Å². The fourth-order valence-corrected chi connectivity index (χ4v) is 1.24. The van der Waals surface area contributed by atoms with E-state index in [1.807, 2.05) is 6.92 Å². The van der Waals surface area contributed by atoms with Crippen molar-refractivity contribution < 1.29 is 0 Å². The number of nitrogens with zero attached hydrogens (tertiary/aromatic N) is 2. The van der Waals surface area contributed by atoms with Gasteiger partial charge in [0.25, 0.3) is 0 Å². The molecule has 74 valence electrons. The number of aryl methyl sites for hydroxylation is 1. The van der Waals surface area contributed by atoms with E-state index in [-0.39, 0.29) is 5.54 Å². The van der Waals surface area contributed by atoms with Gasteiger partial charge in [-0.25, -0.2) is 4.98 Å². The van der Waals surface area contributed by atoms with Gasteiger partial charge in [-0.3, -0.25) is 5.10 Å². The summed E-state index contributed by atoms with van der Waals surface area (Å²) in [6.45, 7) is 6.16. The molecule has 4 heteroatoms. The molecule has 0 radical (unpaired) electrons. The highest BCUT2D eigenvalue weighted by molar-refractivity contribution is 5.04. The van der Waals surface area contributed by atoms with Crippen LogP contribution in [-0.2, 0) is 12.0 Å². The minimum atomic E-state index is -0.357. The number of aromatic nitrogens is 3.